The number of aliphatic hydroxyl groups excluding tert-OH is 2. The van der Waals surface area contributed by atoms with Gasteiger partial charge in [-0.3, -0.25) is 9.59 Å². The molecule has 2 heterocycles. The number of β-amino-alcohol motifs (C(OH)–C–C–N with tert-alkyl or cyclic N) is 1. The van der Waals surface area contributed by atoms with Gasteiger partial charge < -0.3 is 25.2 Å². The van der Waals surface area contributed by atoms with Crippen LogP contribution >= 0.6 is 0 Å². The summed E-state index contributed by atoms with van der Waals surface area (Å²) >= 11 is 0. The first-order valence-corrected chi connectivity index (χ1v) is 14.2. The molecule has 3 N–H and O–H groups in total. The lowest BCUT2D eigenvalue weighted by Crippen LogP contribution is -2.50. The Kier molecular flexibility index (Phi) is 8.42. The van der Waals surface area contributed by atoms with Crippen molar-refractivity contribution in [2.45, 2.75) is 76.9 Å². The van der Waals surface area contributed by atoms with Gasteiger partial charge in [0, 0.05) is 31.6 Å². The molecule has 1 aliphatic carbocycles. The third-order valence-electron chi connectivity index (χ3n) is 7.67. The maximum Gasteiger partial charge on any atom is 0.248 e. The van der Waals surface area contributed by atoms with Gasteiger partial charge in [-0.05, 0) is 41.5 Å². The minimum atomic E-state index is -0.979. The SMILES string of the molecule is CC(C)(C)[C@@H](C(=O)N1CC(O)CC1C(=O)NCC(O)c1cccc(OCc2ccccc2)c1)n1cc(C2CC2)nn1. The molecule has 1 aromatic heterocycles. The van der Waals surface area contributed by atoms with Gasteiger partial charge in [0.1, 0.15) is 24.4 Å². The average Bonchev–Trinajstić information content (AvgIpc) is 3.56. The molecular weight excluding hydrogens is 522 g/mol. The number of hydrogen-bond acceptors (Lipinski definition) is 7. The highest BCUT2D eigenvalue weighted by Gasteiger charge is 2.45. The second-order valence-electron chi connectivity index (χ2n) is 12.2. The van der Waals surface area contributed by atoms with Crippen LogP contribution in [0.1, 0.15) is 74.9 Å². The van der Waals surface area contributed by atoms with E-state index in [1.54, 1.807) is 22.9 Å². The van der Waals surface area contributed by atoms with Gasteiger partial charge in [0.2, 0.25) is 11.8 Å². The molecule has 2 aliphatic rings. The van der Waals surface area contributed by atoms with E-state index in [2.05, 4.69) is 15.6 Å². The van der Waals surface area contributed by atoms with Crippen LogP contribution in [0.3, 0.4) is 0 Å². The van der Waals surface area contributed by atoms with Crippen LogP contribution in [-0.2, 0) is 16.2 Å². The zero-order valence-corrected chi connectivity index (χ0v) is 23.8. The van der Waals surface area contributed by atoms with Crippen molar-refractivity contribution in [3.05, 3.63) is 77.6 Å². The number of nitrogens with one attached hydrogen (secondary N) is 1. The molecule has 0 radical (unpaired) electrons. The second-order valence-corrected chi connectivity index (χ2v) is 12.2. The van der Waals surface area contributed by atoms with E-state index in [4.69, 9.17) is 4.74 Å². The number of hydrogen-bond donors (Lipinski definition) is 3. The minimum Gasteiger partial charge on any atom is -0.489 e. The first kappa shape index (κ1) is 28.8. The summed E-state index contributed by atoms with van der Waals surface area (Å²) in [7, 11) is 0. The lowest BCUT2D eigenvalue weighted by Gasteiger charge is -2.34. The van der Waals surface area contributed by atoms with E-state index in [9.17, 15) is 19.8 Å². The quantitative estimate of drug-likeness (QED) is 0.347. The van der Waals surface area contributed by atoms with Crippen LogP contribution in [0.5, 0.6) is 5.75 Å². The molecular formula is C31H39N5O5. The number of aliphatic hydroxyl groups is 2. The number of ether oxygens (including phenoxy) is 1. The number of nitrogens with zero attached hydrogens (tertiary/aromatic N) is 4. The molecule has 1 saturated heterocycles. The highest BCUT2D eigenvalue weighted by Crippen LogP contribution is 2.40. The first-order chi connectivity index (χ1) is 19.6. The summed E-state index contributed by atoms with van der Waals surface area (Å²) < 4.78 is 7.47. The molecule has 2 amide bonds. The van der Waals surface area contributed by atoms with Crippen molar-refractivity contribution in [2.24, 2.45) is 5.41 Å². The highest BCUT2D eigenvalue weighted by atomic mass is 16.5. The molecule has 10 nitrogen and oxygen atoms in total. The van der Waals surface area contributed by atoms with E-state index in [0.717, 1.165) is 24.1 Å². The van der Waals surface area contributed by atoms with Gasteiger partial charge in [0.05, 0.1) is 17.9 Å². The molecule has 10 heteroatoms. The summed E-state index contributed by atoms with van der Waals surface area (Å²) in [6.45, 7) is 6.25. The number of benzene rings is 2. The summed E-state index contributed by atoms with van der Waals surface area (Å²) in [5.74, 6) is 0.299. The Labute approximate surface area is 240 Å². The first-order valence-electron chi connectivity index (χ1n) is 14.2. The van der Waals surface area contributed by atoms with Crippen LogP contribution in [0, 0.1) is 5.41 Å². The fourth-order valence-electron chi connectivity index (χ4n) is 5.31. The lowest BCUT2D eigenvalue weighted by molar-refractivity contribution is -0.144. The monoisotopic (exact) mass is 561 g/mol. The van der Waals surface area contributed by atoms with Crippen LogP contribution in [0.4, 0.5) is 0 Å². The lowest BCUT2D eigenvalue weighted by atomic mass is 9.85. The Bertz CT molecular complexity index is 1350. The van der Waals surface area contributed by atoms with Crippen molar-refractivity contribution >= 4 is 11.8 Å². The van der Waals surface area contributed by atoms with Crippen molar-refractivity contribution in [1.29, 1.82) is 0 Å². The smallest absolute Gasteiger partial charge is 0.248 e. The molecule has 0 bridgehead atoms. The van der Waals surface area contributed by atoms with Crippen molar-refractivity contribution in [2.75, 3.05) is 13.1 Å². The summed E-state index contributed by atoms with van der Waals surface area (Å²) in [4.78, 5) is 28.6. The van der Waals surface area contributed by atoms with Gasteiger partial charge in [0.25, 0.3) is 0 Å². The van der Waals surface area contributed by atoms with Gasteiger partial charge in [-0.2, -0.15) is 0 Å². The van der Waals surface area contributed by atoms with Crippen LogP contribution in [-0.4, -0.2) is 67.2 Å². The van der Waals surface area contributed by atoms with E-state index in [1.807, 2.05) is 63.4 Å². The number of amides is 2. The van der Waals surface area contributed by atoms with Crippen molar-refractivity contribution in [1.82, 2.24) is 25.2 Å². The summed E-state index contributed by atoms with van der Waals surface area (Å²) in [6.07, 6.45) is 2.30. The van der Waals surface area contributed by atoms with E-state index in [1.165, 1.54) is 4.90 Å². The van der Waals surface area contributed by atoms with Gasteiger partial charge in [-0.15, -0.1) is 5.10 Å². The Balaban J connectivity index is 1.22. The van der Waals surface area contributed by atoms with Crippen LogP contribution < -0.4 is 10.1 Å². The average molecular weight is 562 g/mol. The molecule has 2 aromatic carbocycles. The van der Waals surface area contributed by atoms with E-state index >= 15 is 0 Å². The summed E-state index contributed by atoms with van der Waals surface area (Å²) in [5.41, 5.74) is 2.00. The maximum atomic E-state index is 13.9. The third kappa shape index (κ3) is 6.94. The largest absolute Gasteiger partial charge is 0.489 e. The molecule has 1 saturated carbocycles. The third-order valence-corrected chi connectivity index (χ3v) is 7.67. The molecule has 1 aliphatic heterocycles. The number of carbonyl (C=O) groups is 2. The number of rotatable bonds is 10. The van der Waals surface area contributed by atoms with Gasteiger partial charge >= 0.3 is 0 Å². The number of likely N-dealkylation sites (tertiary alicyclic amines) is 1. The fourth-order valence-corrected chi connectivity index (χ4v) is 5.31. The molecule has 3 unspecified atom stereocenters. The predicted octanol–water partition coefficient (Wildman–Crippen LogP) is 3.13. The number of carbonyl (C=O) groups excluding carboxylic acids is 2. The van der Waals surface area contributed by atoms with E-state index < -0.39 is 35.6 Å². The standard InChI is InChI=1S/C31H39N5O5/c1-31(2,3)28(36-18-25(33-34-36)21-12-13-21)30(40)35-17-23(37)15-26(35)29(39)32-16-27(38)22-10-7-11-24(14-22)41-19-20-8-5-4-6-9-20/h4-11,14,18,21,23,26-28,37-38H,12-13,15-17,19H2,1-3H3,(H,32,39)/t23?,26?,27?,28-/m1/s1. The van der Waals surface area contributed by atoms with Crippen molar-refractivity contribution in [3.63, 3.8) is 0 Å². The molecule has 2 fully saturated rings. The normalized spacial score (nSPS) is 20.5. The van der Waals surface area contributed by atoms with Crippen LogP contribution in [0.15, 0.2) is 60.8 Å². The maximum absolute atomic E-state index is 13.9. The minimum absolute atomic E-state index is 0.0495. The Morgan fingerprint density at radius 1 is 1.12 bits per heavy atom. The van der Waals surface area contributed by atoms with Crippen molar-refractivity contribution in [3.8, 4) is 5.75 Å². The topological polar surface area (TPSA) is 130 Å². The molecule has 5 rings (SSSR count). The van der Waals surface area contributed by atoms with E-state index in [0.29, 0.717) is 23.8 Å². The molecule has 41 heavy (non-hydrogen) atoms. The molecule has 0 spiro atoms. The van der Waals surface area contributed by atoms with Gasteiger partial charge in [-0.25, -0.2) is 4.68 Å². The van der Waals surface area contributed by atoms with Crippen molar-refractivity contribution < 1.29 is 24.5 Å². The Hall–Kier alpha value is -3.76. The Morgan fingerprint density at radius 2 is 1.88 bits per heavy atom. The zero-order valence-electron chi connectivity index (χ0n) is 23.8. The molecule has 3 aromatic rings. The predicted molar refractivity (Wildman–Crippen MR) is 152 cm³/mol. The molecule has 4 atom stereocenters. The van der Waals surface area contributed by atoms with Gasteiger partial charge in [-0.1, -0.05) is 68.4 Å². The van der Waals surface area contributed by atoms with Gasteiger partial charge in [0.15, 0.2) is 0 Å². The Morgan fingerprint density at radius 3 is 2.59 bits per heavy atom. The van der Waals surface area contributed by atoms with Crippen LogP contribution in [0.25, 0.3) is 0 Å². The molecule has 218 valence electrons. The highest BCUT2D eigenvalue weighted by molar-refractivity contribution is 5.90. The van der Waals surface area contributed by atoms with E-state index in [-0.39, 0.29) is 25.4 Å². The fraction of sp³-hybridized carbons (Fsp3) is 0.484. The zero-order chi connectivity index (χ0) is 29.1. The number of aromatic nitrogens is 3. The summed E-state index contributed by atoms with van der Waals surface area (Å²) in [6, 6.07) is 15.4. The second kappa shape index (κ2) is 12.0. The van der Waals surface area contributed by atoms with Crippen LogP contribution in [0.2, 0.25) is 0 Å². The summed E-state index contributed by atoms with van der Waals surface area (Å²) in [5, 5.41) is 32.6.